The van der Waals surface area contributed by atoms with Gasteiger partial charge in [-0.2, -0.15) is 0 Å². The quantitative estimate of drug-likeness (QED) is 0.362. The van der Waals surface area contributed by atoms with E-state index in [4.69, 9.17) is 5.73 Å². The minimum absolute atomic E-state index is 0. The van der Waals surface area contributed by atoms with E-state index in [1.54, 1.807) is 0 Å². The van der Waals surface area contributed by atoms with E-state index in [0.29, 0.717) is 11.4 Å². The summed E-state index contributed by atoms with van der Waals surface area (Å²) in [4.78, 5) is 19.5. The molecule has 0 aromatic carbocycles. The van der Waals surface area contributed by atoms with Crippen molar-refractivity contribution in [1.82, 2.24) is 0 Å². The van der Waals surface area contributed by atoms with Crippen LogP contribution in [0.15, 0.2) is 0 Å². The fourth-order valence-electron chi connectivity index (χ4n) is 0.165. The molecular weight excluding hydrogens is 195 g/mol. The number of nitrogens with two attached hydrogens (primary N) is 1. The molecule has 0 rings (SSSR count). The van der Waals surface area contributed by atoms with E-state index in [0.717, 1.165) is 0 Å². The predicted molar refractivity (Wildman–Crippen MR) is 29.1 cm³/mol. The summed E-state index contributed by atoms with van der Waals surface area (Å²) in [6, 6.07) is 0. The van der Waals surface area contributed by atoms with Gasteiger partial charge in [-0.1, -0.05) is 0 Å². The SMILES string of the molecule is NCCSP(=O)([O-])[O-].[Na+].[Na+]. The summed E-state index contributed by atoms with van der Waals surface area (Å²) in [7, 11) is 0. The fraction of sp³-hybridized carbons (Fsp3) is 1.00. The molecule has 0 atom stereocenters. The van der Waals surface area contributed by atoms with Gasteiger partial charge in [0.15, 0.2) is 0 Å². The first-order valence-corrected chi connectivity index (χ1v) is 5.06. The summed E-state index contributed by atoms with van der Waals surface area (Å²) in [5.41, 5.74) is 4.92. The molecular formula is C2H6NNa2O3PS. The van der Waals surface area contributed by atoms with Crippen LogP contribution in [-0.2, 0) is 4.57 Å². The van der Waals surface area contributed by atoms with Gasteiger partial charge in [0.25, 0.3) is 0 Å². The molecule has 0 heterocycles. The van der Waals surface area contributed by atoms with Crippen LogP contribution in [0, 0.1) is 0 Å². The van der Waals surface area contributed by atoms with E-state index in [1.807, 2.05) is 0 Å². The Morgan fingerprint density at radius 1 is 1.40 bits per heavy atom. The minimum Gasteiger partial charge on any atom is -0.803 e. The van der Waals surface area contributed by atoms with Crippen molar-refractivity contribution < 1.29 is 73.5 Å². The Bertz CT molecular complexity index is 109. The molecule has 10 heavy (non-hydrogen) atoms. The van der Waals surface area contributed by atoms with Gasteiger partial charge >= 0.3 is 59.1 Å². The zero-order valence-corrected chi connectivity index (χ0v) is 11.8. The van der Waals surface area contributed by atoms with Crippen molar-refractivity contribution in [2.75, 3.05) is 12.3 Å². The van der Waals surface area contributed by atoms with Gasteiger partial charge in [0.05, 0.1) is 0 Å². The Balaban J connectivity index is -0.000000245. The molecule has 0 amide bonds. The van der Waals surface area contributed by atoms with Crippen LogP contribution >= 0.6 is 18.2 Å². The van der Waals surface area contributed by atoms with Crippen molar-refractivity contribution in [2.24, 2.45) is 5.73 Å². The molecule has 4 nitrogen and oxygen atoms in total. The summed E-state index contributed by atoms with van der Waals surface area (Å²) in [5, 5.41) is 0. The summed E-state index contributed by atoms with van der Waals surface area (Å²) >= 11 is 0.353. The third kappa shape index (κ3) is 16.8. The third-order valence-electron chi connectivity index (χ3n) is 0.367. The smallest absolute Gasteiger partial charge is 0.803 e. The molecule has 0 unspecified atom stereocenters. The van der Waals surface area contributed by atoms with Crippen molar-refractivity contribution in [3.63, 3.8) is 0 Å². The van der Waals surface area contributed by atoms with Crippen molar-refractivity contribution in [3.05, 3.63) is 0 Å². The summed E-state index contributed by atoms with van der Waals surface area (Å²) in [6.07, 6.45) is 0. The van der Waals surface area contributed by atoms with Gasteiger partial charge in [-0.15, -0.1) is 11.4 Å². The molecule has 0 bridgehead atoms. The second kappa shape index (κ2) is 9.55. The molecule has 0 fully saturated rings. The van der Waals surface area contributed by atoms with Crippen LogP contribution in [0.3, 0.4) is 0 Å². The van der Waals surface area contributed by atoms with Gasteiger partial charge in [-0.05, 0) is 6.80 Å². The second-order valence-electron chi connectivity index (χ2n) is 1.07. The molecule has 8 heteroatoms. The molecule has 0 aromatic rings. The first kappa shape index (κ1) is 18.3. The first-order valence-electron chi connectivity index (χ1n) is 1.93. The molecule has 0 spiro atoms. The molecule has 0 aliphatic rings. The van der Waals surface area contributed by atoms with Crippen molar-refractivity contribution in [3.8, 4) is 0 Å². The molecule has 0 saturated carbocycles. The number of hydrogen-bond acceptors (Lipinski definition) is 5. The van der Waals surface area contributed by atoms with Gasteiger partial charge < -0.3 is 20.1 Å². The summed E-state index contributed by atoms with van der Waals surface area (Å²) in [6.45, 7) is -4.12. The average molecular weight is 201 g/mol. The molecule has 0 aromatic heterocycles. The van der Waals surface area contributed by atoms with E-state index < -0.39 is 6.80 Å². The van der Waals surface area contributed by atoms with Gasteiger partial charge in [0.2, 0.25) is 0 Å². The number of rotatable bonds is 3. The zero-order valence-electron chi connectivity index (χ0n) is 6.07. The summed E-state index contributed by atoms with van der Waals surface area (Å²) < 4.78 is 9.77. The van der Waals surface area contributed by atoms with Crippen molar-refractivity contribution in [1.29, 1.82) is 0 Å². The minimum atomic E-state index is -4.35. The maximum Gasteiger partial charge on any atom is 1.00 e. The molecule has 50 valence electrons. The Labute approximate surface area is 108 Å². The van der Waals surface area contributed by atoms with Crippen molar-refractivity contribution in [2.45, 2.75) is 0 Å². The van der Waals surface area contributed by atoms with E-state index in [1.165, 1.54) is 0 Å². The average Bonchev–Trinajstić information content (AvgIpc) is 1.59. The van der Waals surface area contributed by atoms with Gasteiger partial charge in [0.1, 0.15) is 0 Å². The summed E-state index contributed by atoms with van der Waals surface area (Å²) in [5.74, 6) is 0.185. The zero-order chi connectivity index (χ0) is 6.62. The maximum absolute atomic E-state index is 9.77. The van der Waals surface area contributed by atoms with Gasteiger partial charge in [-0.3, -0.25) is 0 Å². The van der Waals surface area contributed by atoms with Crippen LogP contribution in [-0.4, -0.2) is 12.3 Å². The van der Waals surface area contributed by atoms with E-state index in [9.17, 15) is 14.4 Å². The van der Waals surface area contributed by atoms with Crippen molar-refractivity contribution >= 4 is 18.2 Å². The van der Waals surface area contributed by atoms with Crippen LogP contribution in [0.4, 0.5) is 0 Å². The molecule has 0 saturated heterocycles. The van der Waals surface area contributed by atoms with E-state index >= 15 is 0 Å². The Hall–Kier alpha value is 2.46. The van der Waals surface area contributed by atoms with E-state index in [-0.39, 0.29) is 71.4 Å². The van der Waals surface area contributed by atoms with Gasteiger partial charge in [-0.25, -0.2) is 0 Å². The first-order chi connectivity index (χ1) is 3.56. The molecule has 0 radical (unpaired) electrons. The van der Waals surface area contributed by atoms with E-state index in [2.05, 4.69) is 0 Å². The Kier molecular flexibility index (Phi) is 17.5. The standard InChI is InChI=1S/C2H8NO3PS.2Na/c3-1-2-8-7(4,5)6;;/h1-3H2,(H2,4,5,6);;/q;2*+1/p-2. The maximum atomic E-state index is 9.77. The molecule has 0 aliphatic heterocycles. The molecule has 2 N–H and O–H groups in total. The van der Waals surface area contributed by atoms with Crippen LogP contribution in [0.1, 0.15) is 0 Å². The van der Waals surface area contributed by atoms with Crippen LogP contribution in [0.5, 0.6) is 0 Å². The normalized spacial score (nSPS) is 9.50. The topological polar surface area (TPSA) is 89.2 Å². The van der Waals surface area contributed by atoms with Crippen LogP contribution in [0.25, 0.3) is 0 Å². The third-order valence-corrected chi connectivity index (χ3v) is 2.60. The van der Waals surface area contributed by atoms with Crippen LogP contribution in [0.2, 0.25) is 0 Å². The predicted octanol–water partition coefficient (Wildman–Crippen LogP) is -7.48. The largest absolute Gasteiger partial charge is 1.00 e. The number of hydrogen-bond donors (Lipinski definition) is 1. The fourth-order valence-corrected chi connectivity index (χ4v) is 1.48. The second-order valence-corrected chi connectivity index (χ2v) is 4.75. The Morgan fingerprint density at radius 3 is 1.90 bits per heavy atom. The monoisotopic (exact) mass is 201 g/mol. The van der Waals surface area contributed by atoms with Crippen LogP contribution < -0.4 is 74.6 Å². The van der Waals surface area contributed by atoms with Gasteiger partial charge in [0, 0.05) is 12.3 Å². The Morgan fingerprint density at radius 2 is 1.80 bits per heavy atom. The molecule has 0 aliphatic carbocycles.